The molecule has 0 bridgehead atoms. The highest BCUT2D eigenvalue weighted by molar-refractivity contribution is 5.74. The molecule has 0 aromatic carbocycles. The topological polar surface area (TPSA) is 70.1 Å². The smallest absolute Gasteiger partial charge is 0.319 e. The van der Waals surface area contributed by atoms with Crippen LogP contribution in [0.2, 0.25) is 0 Å². The van der Waals surface area contributed by atoms with Gasteiger partial charge in [-0.25, -0.2) is 4.79 Å². The number of carboxylic acids is 1. The fourth-order valence-electron chi connectivity index (χ4n) is 2.98. The predicted molar refractivity (Wildman–Crippen MR) is 73.5 cm³/mol. The normalized spacial score (nSPS) is 25.9. The number of urea groups is 1. The molecule has 2 atom stereocenters. The molecule has 1 N–H and O–H groups in total. The van der Waals surface area contributed by atoms with Gasteiger partial charge in [-0.2, -0.15) is 0 Å². The number of carbonyl (C=O) groups excluding carboxylic acids is 1. The maximum atomic E-state index is 12.3. The van der Waals surface area contributed by atoms with Crippen molar-refractivity contribution in [3.8, 4) is 0 Å². The number of nitrogens with zero attached hydrogens (tertiary/aromatic N) is 2. The highest BCUT2D eigenvalue weighted by Crippen LogP contribution is 2.22. The number of hydrogen-bond donors (Lipinski definition) is 1. The number of hydrogen-bond acceptors (Lipinski definition) is 3. The third-order valence-electron chi connectivity index (χ3n) is 4.15. The molecule has 6 heteroatoms. The van der Waals surface area contributed by atoms with Crippen LogP contribution in [-0.4, -0.2) is 66.3 Å². The van der Waals surface area contributed by atoms with Crippen molar-refractivity contribution in [3.05, 3.63) is 0 Å². The van der Waals surface area contributed by atoms with Gasteiger partial charge >= 0.3 is 12.0 Å². The second kappa shape index (κ2) is 6.92. The van der Waals surface area contributed by atoms with Crippen LogP contribution in [0.4, 0.5) is 4.79 Å². The van der Waals surface area contributed by atoms with Crippen molar-refractivity contribution in [1.82, 2.24) is 9.80 Å². The quantitative estimate of drug-likeness (QED) is 0.828. The third kappa shape index (κ3) is 4.10. The predicted octanol–water partition coefficient (Wildman–Crippen LogP) is 1.40. The van der Waals surface area contributed by atoms with Crippen molar-refractivity contribution in [3.63, 3.8) is 0 Å². The summed E-state index contributed by atoms with van der Waals surface area (Å²) < 4.78 is 5.54. The van der Waals surface area contributed by atoms with Gasteiger partial charge in [0.25, 0.3) is 0 Å². The van der Waals surface area contributed by atoms with Gasteiger partial charge in [-0.05, 0) is 31.6 Å². The summed E-state index contributed by atoms with van der Waals surface area (Å²) in [5.41, 5.74) is 0. The molecule has 2 rings (SSSR count). The van der Waals surface area contributed by atoms with E-state index in [1.807, 2.05) is 11.9 Å². The highest BCUT2D eigenvalue weighted by Gasteiger charge is 2.29. The van der Waals surface area contributed by atoms with Crippen LogP contribution in [0, 0.1) is 5.92 Å². The molecule has 0 spiro atoms. The van der Waals surface area contributed by atoms with Crippen molar-refractivity contribution in [2.75, 3.05) is 33.3 Å². The molecule has 6 nitrogen and oxygen atoms in total. The lowest BCUT2D eigenvalue weighted by molar-refractivity contribution is -0.137. The van der Waals surface area contributed by atoms with Crippen LogP contribution in [0.1, 0.15) is 32.1 Å². The summed E-state index contributed by atoms with van der Waals surface area (Å²) in [5.74, 6) is -0.434. The minimum Gasteiger partial charge on any atom is -0.481 e. The Hall–Kier alpha value is -1.30. The number of rotatable bonds is 5. The molecule has 0 aliphatic carbocycles. The Morgan fingerprint density at radius 3 is 2.85 bits per heavy atom. The number of amides is 2. The first-order chi connectivity index (χ1) is 9.56. The molecule has 2 unspecified atom stereocenters. The maximum absolute atomic E-state index is 12.3. The fourth-order valence-corrected chi connectivity index (χ4v) is 2.98. The first-order valence-electron chi connectivity index (χ1n) is 7.39. The summed E-state index contributed by atoms with van der Waals surface area (Å²) in [6.45, 7) is 2.86. The van der Waals surface area contributed by atoms with E-state index in [2.05, 4.69) is 0 Å². The SMILES string of the molecule is CN(CC1CCCO1)C(=O)N1CCC(CCC(=O)O)C1. The summed E-state index contributed by atoms with van der Waals surface area (Å²) in [7, 11) is 1.81. The van der Waals surface area contributed by atoms with E-state index >= 15 is 0 Å². The lowest BCUT2D eigenvalue weighted by atomic mass is 10.0. The van der Waals surface area contributed by atoms with Crippen LogP contribution < -0.4 is 0 Å². The van der Waals surface area contributed by atoms with E-state index in [9.17, 15) is 9.59 Å². The van der Waals surface area contributed by atoms with Gasteiger partial charge in [0, 0.05) is 39.7 Å². The largest absolute Gasteiger partial charge is 0.481 e. The molecule has 2 aliphatic heterocycles. The number of ether oxygens (including phenoxy) is 1. The van der Waals surface area contributed by atoms with E-state index in [1.165, 1.54) is 0 Å². The van der Waals surface area contributed by atoms with Crippen LogP contribution >= 0.6 is 0 Å². The van der Waals surface area contributed by atoms with Crippen molar-refractivity contribution in [1.29, 1.82) is 0 Å². The van der Waals surface area contributed by atoms with Crippen LogP contribution in [0.5, 0.6) is 0 Å². The Kier molecular flexibility index (Phi) is 5.23. The van der Waals surface area contributed by atoms with Gasteiger partial charge in [0.2, 0.25) is 0 Å². The number of carbonyl (C=O) groups is 2. The standard InChI is InChI=1S/C14H24N2O4/c1-15(10-12-3-2-8-20-12)14(19)16-7-6-11(9-16)4-5-13(17)18/h11-12H,2-10H2,1H3,(H,17,18). The van der Waals surface area contributed by atoms with E-state index in [1.54, 1.807) is 4.90 Å². The van der Waals surface area contributed by atoms with Gasteiger partial charge < -0.3 is 19.6 Å². The van der Waals surface area contributed by atoms with E-state index in [0.717, 1.165) is 32.4 Å². The Morgan fingerprint density at radius 1 is 1.40 bits per heavy atom. The number of carboxylic acid groups (broad SMARTS) is 1. The van der Waals surface area contributed by atoms with Crippen molar-refractivity contribution in [2.24, 2.45) is 5.92 Å². The van der Waals surface area contributed by atoms with Crippen molar-refractivity contribution >= 4 is 12.0 Å². The van der Waals surface area contributed by atoms with Crippen LogP contribution in [0.25, 0.3) is 0 Å². The van der Waals surface area contributed by atoms with E-state index < -0.39 is 5.97 Å². The van der Waals surface area contributed by atoms with E-state index in [0.29, 0.717) is 25.4 Å². The molecular formula is C14H24N2O4. The van der Waals surface area contributed by atoms with Crippen LogP contribution in [0.3, 0.4) is 0 Å². The second-order valence-electron chi connectivity index (χ2n) is 5.83. The van der Waals surface area contributed by atoms with Gasteiger partial charge in [0.15, 0.2) is 0 Å². The van der Waals surface area contributed by atoms with E-state index in [4.69, 9.17) is 9.84 Å². The lowest BCUT2D eigenvalue weighted by Gasteiger charge is -2.26. The van der Waals surface area contributed by atoms with Gasteiger partial charge in [-0.1, -0.05) is 0 Å². The van der Waals surface area contributed by atoms with Gasteiger partial charge in [0.05, 0.1) is 6.10 Å². The van der Waals surface area contributed by atoms with Crippen molar-refractivity contribution < 1.29 is 19.4 Å². The zero-order valence-electron chi connectivity index (χ0n) is 12.1. The molecule has 0 saturated carbocycles. The number of aliphatic carboxylic acids is 1. The average Bonchev–Trinajstić information content (AvgIpc) is 3.06. The van der Waals surface area contributed by atoms with Crippen LogP contribution in [-0.2, 0) is 9.53 Å². The minimum absolute atomic E-state index is 0.0401. The maximum Gasteiger partial charge on any atom is 0.319 e. The first-order valence-corrected chi connectivity index (χ1v) is 7.39. The number of likely N-dealkylation sites (N-methyl/N-ethyl adjacent to an activating group) is 1. The lowest BCUT2D eigenvalue weighted by Crippen LogP contribution is -2.43. The fraction of sp³-hybridized carbons (Fsp3) is 0.857. The van der Waals surface area contributed by atoms with Crippen molar-refractivity contribution in [2.45, 2.75) is 38.2 Å². The summed E-state index contributed by atoms with van der Waals surface area (Å²) in [6.07, 6.45) is 4.04. The number of likely N-dealkylation sites (tertiary alicyclic amines) is 1. The average molecular weight is 284 g/mol. The molecular weight excluding hydrogens is 260 g/mol. The Bertz CT molecular complexity index is 355. The Morgan fingerprint density at radius 2 is 2.20 bits per heavy atom. The van der Waals surface area contributed by atoms with E-state index in [-0.39, 0.29) is 18.6 Å². The van der Waals surface area contributed by atoms with Crippen LogP contribution in [0.15, 0.2) is 0 Å². The third-order valence-corrected chi connectivity index (χ3v) is 4.15. The molecule has 0 aromatic rings. The zero-order valence-corrected chi connectivity index (χ0v) is 12.1. The molecule has 2 heterocycles. The van der Waals surface area contributed by atoms with Gasteiger partial charge in [-0.3, -0.25) is 4.79 Å². The molecule has 0 radical (unpaired) electrons. The molecule has 2 saturated heterocycles. The molecule has 0 aromatic heterocycles. The second-order valence-corrected chi connectivity index (χ2v) is 5.83. The first kappa shape index (κ1) is 15.1. The summed E-state index contributed by atoms with van der Waals surface area (Å²) in [4.78, 5) is 26.4. The van der Waals surface area contributed by atoms with Gasteiger partial charge in [0.1, 0.15) is 0 Å². The highest BCUT2D eigenvalue weighted by atomic mass is 16.5. The Balaban J connectivity index is 1.73. The molecule has 2 fully saturated rings. The molecule has 20 heavy (non-hydrogen) atoms. The van der Waals surface area contributed by atoms with Gasteiger partial charge in [-0.15, -0.1) is 0 Å². The zero-order chi connectivity index (χ0) is 14.5. The molecule has 2 amide bonds. The Labute approximate surface area is 119 Å². The monoisotopic (exact) mass is 284 g/mol. The summed E-state index contributed by atoms with van der Waals surface area (Å²) in [5, 5.41) is 8.69. The summed E-state index contributed by atoms with van der Waals surface area (Å²) >= 11 is 0. The minimum atomic E-state index is -0.759. The molecule has 2 aliphatic rings. The summed E-state index contributed by atoms with van der Waals surface area (Å²) in [6, 6.07) is 0.0401. The molecule has 114 valence electrons.